The Morgan fingerprint density at radius 3 is 2.92 bits per heavy atom. The molecule has 2 rings (SSSR count). The van der Waals surface area contributed by atoms with E-state index in [9.17, 15) is 4.79 Å². The standard InChI is InChI=1S/C16H22ClN5OS/c1-4-5-6-14-20-21-16(22(14)18)24-11(3)15(23)19-13-9-12(17)8-7-10(13)2/h7-9,11H,4-6,18H2,1-3H3,(H,19,23)/t11-/m0/s1. The molecule has 24 heavy (non-hydrogen) atoms. The number of nitrogens with zero attached hydrogens (tertiary/aromatic N) is 3. The summed E-state index contributed by atoms with van der Waals surface area (Å²) in [6.07, 6.45) is 2.85. The lowest BCUT2D eigenvalue weighted by atomic mass is 10.2. The first-order valence-electron chi connectivity index (χ1n) is 7.85. The zero-order chi connectivity index (χ0) is 17.7. The largest absolute Gasteiger partial charge is 0.336 e. The molecule has 6 nitrogen and oxygen atoms in total. The number of nitrogen functional groups attached to an aromatic ring is 1. The zero-order valence-electron chi connectivity index (χ0n) is 14.0. The molecule has 0 spiro atoms. The normalized spacial score (nSPS) is 12.2. The van der Waals surface area contributed by atoms with Gasteiger partial charge in [0, 0.05) is 17.1 Å². The minimum Gasteiger partial charge on any atom is -0.336 e. The van der Waals surface area contributed by atoms with Crippen molar-refractivity contribution in [3.05, 3.63) is 34.6 Å². The van der Waals surface area contributed by atoms with E-state index in [1.807, 2.05) is 13.0 Å². The highest BCUT2D eigenvalue weighted by Gasteiger charge is 2.20. The Balaban J connectivity index is 2.01. The van der Waals surface area contributed by atoms with Gasteiger partial charge in [-0.3, -0.25) is 4.79 Å². The van der Waals surface area contributed by atoms with Crippen molar-refractivity contribution < 1.29 is 4.79 Å². The van der Waals surface area contributed by atoms with Crippen LogP contribution in [0, 0.1) is 6.92 Å². The van der Waals surface area contributed by atoms with Crippen LogP contribution in [0.25, 0.3) is 0 Å². The van der Waals surface area contributed by atoms with Crippen LogP contribution < -0.4 is 11.2 Å². The van der Waals surface area contributed by atoms with E-state index in [0.29, 0.717) is 15.9 Å². The van der Waals surface area contributed by atoms with Crippen LogP contribution in [-0.2, 0) is 11.2 Å². The van der Waals surface area contributed by atoms with Crippen molar-refractivity contribution in [3.63, 3.8) is 0 Å². The molecule has 0 bridgehead atoms. The first kappa shape index (κ1) is 18.6. The lowest BCUT2D eigenvalue weighted by Gasteiger charge is -2.13. The van der Waals surface area contributed by atoms with E-state index in [0.717, 1.165) is 30.7 Å². The molecule has 1 aromatic heterocycles. The van der Waals surface area contributed by atoms with Gasteiger partial charge in [0.2, 0.25) is 11.1 Å². The summed E-state index contributed by atoms with van der Waals surface area (Å²) in [6.45, 7) is 5.83. The van der Waals surface area contributed by atoms with Crippen LogP contribution in [0.4, 0.5) is 5.69 Å². The highest BCUT2D eigenvalue weighted by atomic mass is 35.5. The molecular weight excluding hydrogens is 346 g/mol. The molecule has 130 valence electrons. The summed E-state index contributed by atoms with van der Waals surface area (Å²) < 4.78 is 1.47. The van der Waals surface area contributed by atoms with Gasteiger partial charge in [0.25, 0.3) is 0 Å². The summed E-state index contributed by atoms with van der Waals surface area (Å²) in [5, 5.41) is 11.8. The zero-order valence-corrected chi connectivity index (χ0v) is 15.6. The molecule has 8 heteroatoms. The third-order valence-electron chi connectivity index (χ3n) is 3.60. The summed E-state index contributed by atoms with van der Waals surface area (Å²) in [7, 11) is 0. The van der Waals surface area contributed by atoms with Crippen LogP contribution in [-0.4, -0.2) is 26.0 Å². The Morgan fingerprint density at radius 1 is 1.46 bits per heavy atom. The molecule has 1 heterocycles. The lowest BCUT2D eigenvalue weighted by molar-refractivity contribution is -0.115. The van der Waals surface area contributed by atoms with E-state index in [-0.39, 0.29) is 11.2 Å². The Bertz CT molecular complexity index is 718. The van der Waals surface area contributed by atoms with Gasteiger partial charge in [-0.1, -0.05) is 42.8 Å². The van der Waals surface area contributed by atoms with Gasteiger partial charge in [0.15, 0.2) is 5.82 Å². The molecule has 0 fully saturated rings. The number of hydrogen-bond donors (Lipinski definition) is 2. The predicted molar refractivity (Wildman–Crippen MR) is 98.9 cm³/mol. The molecule has 1 aromatic carbocycles. The molecule has 2 aromatic rings. The maximum atomic E-state index is 12.4. The van der Waals surface area contributed by atoms with Gasteiger partial charge in [0.05, 0.1) is 5.25 Å². The number of aromatic nitrogens is 3. The highest BCUT2D eigenvalue weighted by molar-refractivity contribution is 8.00. The van der Waals surface area contributed by atoms with Gasteiger partial charge < -0.3 is 11.2 Å². The van der Waals surface area contributed by atoms with Gasteiger partial charge >= 0.3 is 0 Å². The van der Waals surface area contributed by atoms with Crippen LogP contribution in [0.5, 0.6) is 0 Å². The van der Waals surface area contributed by atoms with E-state index in [2.05, 4.69) is 22.4 Å². The average molecular weight is 368 g/mol. The molecule has 3 N–H and O–H groups in total. The Labute approximate surface area is 151 Å². The van der Waals surface area contributed by atoms with E-state index >= 15 is 0 Å². The molecule has 0 aliphatic heterocycles. The molecule has 0 aliphatic rings. The van der Waals surface area contributed by atoms with Crippen LogP contribution in [0.2, 0.25) is 5.02 Å². The minimum absolute atomic E-state index is 0.136. The lowest BCUT2D eigenvalue weighted by Crippen LogP contribution is -2.24. The summed E-state index contributed by atoms with van der Waals surface area (Å²) >= 11 is 7.26. The van der Waals surface area contributed by atoms with E-state index < -0.39 is 0 Å². The van der Waals surface area contributed by atoms with Crippen molar-refractivity contribution >= 4 is 35.0 Å². The topological polar surface area (TPSA) is 85.8 Å². The average Bonchev–Trinajstić information content (AvgIpc) is 2.89. The number of anilines is 1. The Kier molecular flexibility index (Phi) is 6.51. The fraction of sp³-hybridized carbons (Fsp3) is 0.438. The molecule has 0 unspecified atom stereocenters. The predicted octanol–water partition coefficient (Wildman–Crippen LogP) is 3.42. The minimum atomic E-state index is -0.367. The number of aryl methyl sites for hydroxylation is 2. The number of thioether (sulfide) groups is 1. The van der Waals surface area contributed by atoms with Gasteiger partial charge in [0.1, 0.15) is 0 Å². The van der Waals surface area contributed by atoms with E-state index in [1.54, 1.807) is 19.1 Å². The second kappa shape index (κ2) is 8.39. The molecular formula is C16H22ClN5OS. The fourth-order valence-electron chi connectivity index (χ4n) is 2.07. The maximum absolute atomic E-state index is 12.4. The number of hydrogen-bond acceptors (Lipinski definition) is 5. The number of rotatable bonds is 7. The number of carbonyl (C=O) groups is 1. The molecule has 0 radical (unpaired) electrons. The van der Waals surface area contributed by atoms with Gasteiger partial charge in [-0.05, 0) is 38.0 Å². The maximum Gasteiger partial charge on any atom is 0.237 e. The summed E-state index contributed by atoms with van der Waals surface area (Å²) in [5.41, 5.74) is 1.66. The van der Waals surface area contributed by atoms with E-state index in [4.69, 9.17) is 17.4 Å². The van der Waals surface area contributed by atoms with E-state index in [1.165, 1.54) is 16.4 Å². The van der Waals surface area contributed by atoms with Gasteiger partial charge in [-0.2, -0.15) is 0 Å². The van der Waals surface area contributed by atoms with Crippen LogP contribution in [0.3, 0.4) is 0 Å². The number of halogens is 1. The molecule has 0 aliphatic carbocycles. The van der Waals surface area contributed by atoms with Crippen molar-refractivity contribution in [2.45, 2.75) is 50.4 Å². The number of carbonyl (C=O) groups excluding carboxylic acids is 1. The Hall–Kier alpha value is -1.73. The third-order valence-corrected chi connectivity index (χ3v) is 4.89. The van der Waals surface area contributed by atoms with Gasteiger partial charge in [-0.15, -0.1) is 10.2 Å². The second-order valence-corrected chi connectivity index (χ2v) is 7.33. The third kappa shape index (κ3) is 4.64. The molecule has 1 atom stereocenters. The van der Waals surface area contributed by atoms with Crippen molar-refractivity contribution in [1.29, 1.82) is 0 Å². The van der Waals surface area contributed by atoms with Crippen molar-refractivity contribution in [3.8, 4) is 0 Å². The Morgan fingerprint density at radius 2 is 2.21 bits per heavy atom. The summed E-state index contributed by atoms with van der Waals surface area (Å²) in [4.78, 5) is 12.4. The first-order chi connectivity index (χ1) is 11.4. The van der Waals surface area contributed by atoms with Crippen LogP contribution >= 0.6 is 23.4 Å². The molecule has 1 amide bonds. The number of nitrogens with one attached hydrogen (secondary N) is 1. The summed E-state index contributed by atoms with van der Waals surface area (Å²) in [5.74, 6) is 6.61. The summed E-state index contributed by atoms with van der Waals surface area (Å²) in [6, 6.07) is 5.40. The smallest absolute Gasteiger partial charge is 0.237 e. The molecule has 0 saturated heterocycles. The molecule has 0 saturated carbocycles. The first-order valence-corrected chi connectivity index (χ1v) is 9.11. The quantitative estimate of drug-likeness (QED) is 0.578. The number of unbranched alkanes of at least 4 members (excludes halogenated alkanes) is 1. The van der Waals surface area contributed by atoms with Crippen molar-refractivity contribution in [2.24, 2.45) is 0 Å². The van der Waals surface area contributed by atoms with Crippen LogP contribution in [0.15, 0.2) is 23.4 Å². The number of benzene rings is 1. The number of nitrogens with two attached hydrogens (primary N) is 1. The van der Waals surface area contributed by atoms with Gasteiger partial charge in [-0.25, -0.2) is 4.68 Å². The monoisotopic (exact) mass is 367 g/mol. The highest BCUT2D eigenvalue weighted by Crippen LogP contribution is 2.24. The fourth-order valence-corrected chi connectivity index (χ4v) is 3.03. The number of amides is 1. The van der Waals surface area contributed by atoms with Crippen LogP contribution in [0.1, 0.15) is 38.1 Å². The second-order valence-electron chi connectivity index (χ2n) is 5.58. The van der Waals surface area contributed by atoms with Crippen molar-refractivity contribution in [1.82, 2.24) is 14.9 Å². The van der Waals surface area contributed by atoms with Crippen molar-refractivity contribution in [2.75, 3.05) is 11.2 Å². The SMILES string of the molecule is CCCCc1nnc(S[C@@H](C)C(=O)Nc2cc(Cl)ccc2C)n1N.